The van der Waals surface area contributed by atoms with Crippen molar-refractivity contribution in [3.8, 4) is 0 Å². The normalized spacial score (nSPS) is 10.7. The molecule has 0 amide bonds. The molecule has 0 radical (unpaired) electrons. The summed E-state index contributed by atoms with van der Waals surface area (Å²) in [7, 11) is 0. The predicted molar refractivity (Wildman–Crippen MR) is 39.8 cm³/mol. The van der Waals surface area contributed by atoms with Gasteiger partial charge in [0.05, 0.1) is 0 Å². The molecule has 12 heavy (non-hydrogen) atoms. The molecule has 1 heterocycles. The van der Waals surface area contributed by atoms with Gasteiger partial charge < -0.3 is 0 Å². The Kier molecular flexibility index (Phi) is 2.52. The Balaban J connectivity index is 2.70. The van der Waals surface area contributed by atoms with E-state index in [1.807, 2.05) is 0 Å². The molecule has 0 aliphatic heterocycles. The first kappa shape index (κ1) is 8.83. The van der Waals surface area contributed by atoms with Crippen LogP contribution in [0.2, 0.25) is 0 Å². The van der Waals surface area contributed by atoms with Gasteiger partial charge in [-0.15, -0.1) is 0 Å². The summed E-state index contributed by atoms with van der Waals surface area (Å²) in [6.45, 7) is 2.81. The second-order valence-electron chi connectivity index (χ2n) is 2.55. The largest absolute Gasteiger partial charge is 0.334 e. The fraction of sp³-hybridized carbons (Fsp3) is 0.429. The van der Waals surface area contributed by atoms with Crippen molar-refractivity contribution >= 4 is 0 Å². The van der Waals surface area contributed by atoms with Gasteiger partial charge in [-0.3, -0.25) is 0 Å². The van der Waals surface area contributed by atoms with E-state index in [0.29, 0.717) is 16.9 Å². The number of aromatic nitrogens is 3. The third-order valence-corrected chi connectivity index (χ3v) is 1.22. The number of allylic oxidation sites excluding steroid dienone is 1. The molecule has 0 aromatic carbocycles. The first-order valence-electron chi connectivity index (χ1n) is 3.42. The minimum absolute atomic E-state index is 0.378. The molecule has 66 valence electrons. The first-order chi connectivity index (χ1) is 5.59. The van der Waals surface area contributed by atoms with Crippen LogP contribution in [-0.4, -0.2) is 14.8 Å². The average Bonchev–Trinajstić information content (AvgIpc) is 2.34. The summed E-state index contributed by atoms with van der Waals surface area (Å²) >= 11 is 0. The van der Waals surface area contributed by atoms with Crippen LogP contribution in [0.15, 0.2) is 18.5 Å². The molecule has 0 aliphatic rings. The number of hydrogen-bond acceptors (Lipinski definition) is 2. The quantitative estimate of drug-likeness (QED) is 0.652. The lowest BCUT2D eigenvalue weighted by atomic mass is 10.2. The summed E-state index contributed by atoms with van der Waals surface area (Å²) in [5.41, 5.74) is 0.849. The van der Waals surface area contributed by atoms with Crippen LogP contribution in [-0.2, 0) is 6.42 Å². The minimum Gasteiger partial charge on any atom is -0.219 e. The van der Waals surface area contributed by atoms with Crippen LogP contribution in [0.3, 0.4) is 0 Å². The Morgan fingerprint density at radius 2 is 2.42 bits per heavy atom. The van der Waals surface area contributed by atoms with Gasteiger partial charge in [0, 0.05) is 6.42 Å². The zero-order valence-corrected chi connectivity index (χ0v) is 6.67. The van der Waals surface area contributed by atoms with Gasteiger partial charge in [0.15, 0.2) is 5.82 Å². The molecular weight excluding hydrogens is 164 g/mol. The van der Waals surface area contributed by atoms with E-state index >= 15 is 0 Å². The SMILES string of the molecule is C=C(C)Cc1ncn(C(F)F)n1. The maximum atomic E-state index is 12.0. The maximum absolute atomic E-state index is 12.0. The molecule has 0 bridgehead atoms. The second kappa shape index (κ2) is 3.42. The van der Waals surface area contributed by atoms with Crippen molar-refractivity contribution < 1.29 is 8.78 Å². The van der Waals surface area contributed by atoms with Crippen LogP contribution in [0.1, 0.15) is 19.3 Å². The molecule has 0 spiro atoms. The highest BCUT2D eigenvalue weighted by atomic mass is 19.3. The molecule has 3 nitrogen and oxygen atoms in total. The molecule has 0 unspecified atom stereocenters. The van der Waals surface area contributed by atoms with Crippen LogP contribution < -0.4 is 0 Å². The maximum Gasteiger partial charge on any atom is 0.334 e. The van der Waals surface area contributed by atoms with Crippen molar-refractivity contribution in [1.29, 1.82) is 0 Å². The fourth-order valence-electron chi connectivity index (χ4n) is 0.756. The molecular formula is C7H9F2N3. The van der Waals surface area contributed by atoms with Crippen molar-refractivity contribution in [2.24, 2.45) is 0 Å². The Morgan fingerprint density at radius 3 is 2.83 bits per heavy atom. The Hall–Kier alpha value is -1.26. The van der Waals surface area contributed by atoms with Crippen molar-refractivity contribution in [2.45, 2.75) is 19.9 Å². The summed E-state index contributed by atoms with van der Waals surface area (Å²) in [4.78, 5) is 3.69. The Bertz CT molecular complexity index is 280. The van der Waals surface area contributed by atoms with Gasteiger partial charge in [0.2, 0.25) is 0 Å². The minimum atomic E-state index is -2.61. The number of halogens is 2. The van der Waals surface area contributed by atoms with Gasteiger partial charge >= 0.3 is 6.55 Å². The van der Waals surface area contributed by atoms with E-state index in [1.54, 1.807) is 6.92 Å². The number of rotatable bonds is 3. The summed E-state index contributed by atoms with van der Waals surface area (Å²) in [6, 6.07) is 0. The molecule has 1 aromatic rings. The summed E-state index contributed by atoms with van der Waals surface area (Å²) < 4.78 is 24.4. The Morgan fingerprint density at radius 1 is 1.75 bits per heavy atom. The topological polar surface area (TPSA) is 30.7 Å². The number of nitrogens with zero attached hydrogens (tertiary/aromatic N) is 3. The van der Waals surface area contributed by atoms with Crippen LogP contribution in [0, 0.1) is 0 Å². The number of hydrogen-bond donors (Lipinski definition) is 0. The Labute approximate surface area is 68.7 Å². The number of alkyl halides is 2. The molecule has 0 N–H and O–H groups in total. The van der Waals surface area contributed by atoms with Crippen LogP contribution >= 0.6 is 0 Å². The van der Waals surface area contributed by atoms with Crippen molar-refractivity contribution in [3.05, 3.63) is 24.3 Å². The molecule has 0 aliphatic carbocycles. The second-order valence-corrected chi connectivity index (χ2v) is 2.55. The van der Waals surface area contributed by atoms with E-state index in [9.17, 15) is 8.78 Å². The van der Waals surface area contributed by atoms with Crippen molar-refractivity contribution in [3.63, 3.8) is 0 Å². The van der Waals surface area contributed by atoms with E-state index in [-0.39, 0.29) is 0 Å². The first-order valence-corrected chi connectivity index (χ1v) is 3.42. The van der Waals surface area contributed by atoms with Crippen LogP contribution in [0.25, 0.3) is 0 Å². The van der Waals surface area contributed by atoms with Crippen molar-refractivity contribution in [2.75, 3.05) is 0 Å². The van der Waals surface area contributed by atoms with Gasteiger partial charge in [-0.2, -0.15) is 18.6 Å². The molecule has 5 heteroatoms. The molecule has 1 aromatic heterocycles. The van der Waals surface area contributed by atoms with E-state index in [1.165, 1.54) is 0 Å². The fourth-order valence-corrected chi connectivity index (χ4v) is 0.756. The highest BCUT2D eigenvalue weighted by Gasteiger charge is 2.07. The summed E-state index contributed by atoms with van der Waals surface area (Å²) in [5, 5.41) is 3.54. The van der Waals surface area contributed by atoms with E-state index in [4.69, 9.17) is 0 Å². The van der Waals surface area contributed by atoms with Gasteiger partial charge in [0.1, 0.15) is 6.33 Å². The third kappa shape index (κ3) is 2.11. The zero-order valence-electron chi connectivity index (χ0n) is 6.67. The molecule has 1 rings (SSSR count). The molecule has 0 saturated heterocycles. The van der Waals surface area contributed by atoms with E-state index in [0.717, 1.165) is 11.9 Å². The molecule has 0 atom stereocenters. The van der Waals surface area contributed by atoms with Gasteiger partial charge in [-0.05, 0) is 6.92 Å². The van der Waals surface area contributed by atoms with Gasteiger partial charge in [0.25, 0.3) is 0 Å². The smallest absolute Gasteiger partial charge is 0.219 e. The summed E-state index contributed by atoms with van der Waals surface area (Å²) in [5.74, 6) is 0.378. The lowest BCUT2D eigenvalue weighted by molar-refractivity contribution is 0.0559. The monoisotopic (exact) mass is 173 g/mol. The predicted octanol–water partition coefficient (Wildman–Crippen LogP) is 1.79. The van der Waals surface area contributed by atoms with E-state index < -0.39 is 6.55 Å². The zero-order chi connectivity index (χ0) is 9.14. The molecule has 0 fully saturated rings. The highest BCUT2D eigenvalue weighted by molar-refractivity contribution is 5.00. The van der Waals surface area contributed by atoms with Gasteiger partial charge in [-0.1, -0.05) is 12.2 Å². The summed E-state index contributed by atoms with van der Waals surface area (Å²) in [6.07, 6.45) is 1.46. The van der Waals surface area contributed by atoms with E-state index in [2.05, 4.69) is 16.7 Å². The van der Waals surface area contributed by atoms with Gasteiger partial charge in [-0.25, -0.2) is 4.98 Å². The standard InChI is InChI=1S/C7H9F2N3/c1-5(2)3-6-10-4-12(11-6)7(8)9/h4,7H,1,3H2,2H3. The van der Waals surface area contributed by atoms with Crippen LogP contribution in [0.4, 0.5) is 8.78 Å². The average molecular weight is 173 g/mol. The third-order valence-electron chi connectivity index (χ3n) is 1.22. The molecule has 0 saturated carbocycles. The lowest BCUT2D eigenvalue weighted by Gasteiger charge is -1.94. The van der Waals surface area contributed by atoms with Crippen LogP contribution in [0.5, 0.6) is 0 Å². The van der Waals surface area contributed by atoms with Crippen molar-refractivity contribution in [1.82, 2.24) is 14.8 Å². The highest BCUT2D eigenvalue weighted by Crippen LogP contribution is 2.07. The lowest BCUT2D eigenvalue weighted by Crippen LogP contribution is -1.99.